The molecule has 1 aliphatic heterocycles. The van der Waals surface area contributed by atoms with Gasteiger partial charge in [-0.1, -0.05) is 17.7 Å². The van der Waals surface area contributed by atoms with Crippen molar-refractivity contribution in [3.05, 3.63) is 40.9 Å². The Hall–Kier alpha value is -1.94. The zero-order valence-corrected chi connectivity index (χ0v) is 15.8. The van der Waals surface area contributed by atoms with Crippen LogP contribution in [0, 0.1) is 0 Å². The van der Waals surface area contributed by atoms with Gasteiger partial charge in [-0.3, -0.25) is 0 Å². The van der Waals surface area contributed by atoms with Gasteiger partial charge in [-0.2, -0.15) is 8.75 Å². The van der Waals surface area contributed by atoms with Crippen LogP contribution in [0.3, 0.4) is 0 Å². The van der Waals surface area contributed by atoms with Gasteiger partial charge in [0.15, 0.2) is 11.5 Å². The first kappa shape index (κ1) is 17.5. The second-order valence-electron chi connectivity index (χ2n) is 5.64. The van der Waals surface area contributed by atoms with Crippen LogP contribution in [0.4, 0.5) is 0 Å². The third-order valence-corrected chi connectivity index (χ3v) is 6.22. The van der Waals surface area contributed by atoms with Crippen molar-refractivity contribution < 1.29 is 17.9 Å². The minimum absolute atomic E-state index is 0.129. The van der Waals surface area contributed by atoms with E-state index in [9.17, 15) is 8.42 Å². The van der Waals surface area contributed by atoms with E-state index >= 15 is 0 Å². The Kier molecular flexibility index (Phi) is 4.70. The number of hydrogen-bond donors (Lipinski definition) is 1. The molecule has 0 aliphatic carbocycles. The van der Waals surface area contributed by atoms with Crippen molar-refractivity contribution in [2.45, 2.75) is 11.3 Å². The molecule has 0 bridgehead atoms. The maximum Gasteiger partial charge on any atom is 0.242 e. The molecule has 26 heavy (non-hydrogen) atoms. The van der Waals surface area contributed by atoms with Crippen LogP contribution >= 0.6 is 23.3 Å². The summed E-state index contributed by atoms with van der Waals surface area (Å²) in [5.74, 6) is 1.12. The standard InChI is InChI=1S/C16H14ClN3O4S2/c17-11-8-10(9-13-16(11)24-7-6-23-13)4-5-18-26(21,22)14-3-1-2-12-15(14)20-25-19-12/h1-3,8-9,18H,4-7H2. The molecule has 0 amide bonds. The summed E-state index contributed by atoms with van der Waals surface area (Å²) >= 11 is 7.19. The first-order chi connectivity index (χ1) is 12.5. The molecule has 136 valence electrons. The van der Waals surface area contributed by atoms with E-state index < -0.39 is 10.0 Å². The van der Waals surface area contributed by atoms with Gasteiger partial charge in [0.05, 0.1) is 16.8 Å². The molecule has 0 spiro atoms. The van der Waals surface area contributed by atoms with Gasteiger partial charge in [-0.25, -0.2) is 13.1 Å². The molecule has 0 unspecified atom stereocenters. The van der Waals surface area contributed by atoms with Crippen molar-refractivity contribution in [2.75, 3.05) is 19.8 Å². The molecule has 7 nitrogen and oxygen atoms in total. The van der Waals surface area contributed by atoms with Gasteiger partial charge in [-0.15, -0.1) is 0 Å². The smallest absolute Gasteiger partial charge is 0.242 e. The van der Waals surface area contributed by atoms with Crippen molar-refractivity contribution in [1.82, 2.24) is 13.5 Å². The summed E-state index contributed by atoms with van der Waals surface area (Å²) in [6.07, 6.45) is 0.459. The molecule has 10 heteroatoms. The third kappa shape index (κ3) is 3.35. The summed E-state index contributed by atoms with van der Waals surface area (Å²) < 4.78 is 46.9. The van der Waals surface area contributed by atoms with Gasteiger partial charge < -0.3 is 9.47 Å². The van der Waals surface area contributed by atoms with Gasteiger partial charge in [0, 0.05) is 6.54 Å². The van der Waals surface area contributed by atoms with Crippen molar-refractivity contribution in [2.24, 2.45) is 0 Å². The van der Waals surface area contributed by atoms with Crippen LogP contribution in [-0.2, 0) is 16.4 Å². The van der Waals surface area contributed by atoms with E-state index in [-0.39, 0.29) is 11.4 Å². The third-order valence-electron chi connectivity index (χ3n) is 3.90. The summed E-state index contributed by atoms with van der Waals surface area (Å²) in [4.78, 5) is 0.129. The Morgan fingerprint density at radius 2 is 2.04 bits per heavy atom. The quantitative estimate of drug-likeness (QED) is 0.694. The number of sulfonamides is 1. The molecule has 0 saturated heterocycles. The van der Waals surface area contributed by atoms with E-state index in [0.717, 1.165) is 17.3 Å². The number of fused-ring (bicyclic) bond motifs is 2. The molecule has 1 aromatic heterocycles. The van der Waals surface area contributed by atoms with Crippen LogP contribution in [0.1, 0.15) is 5.56 Å². The van der Waals surface area contributed by atoms with Gasteiger partial charge in [-0.05, 0) is 36.2 Å². The fourth-order valence-electron chi connectivity index (χ4n) is 2.71. The van der Waals surface area contributed by atoms with E-state index in [4.69, 9.17) is 21.1 Å². The van der Waals surface area contributed by atoms with Gasteiger partial charge in [0.1, 0.15) is 29.1 Å². The summed E-state index contributed by atoms with van der Waals surface area (Å²) in [6.45, 7) is 1.14. The van der Waals surface area contributed by atoms with E-state index in [1.165, 1.54) is 6.07 Å². The number of rotatable bonds is 5. The number of nitrogens with one attached hydrogen (secondary N) is 1. The lowest BCUT2D eigenvalue weighted by Gasteiger charge is -2.20. The Morgan fingerprint density at radius 1 is 1.19 bits per heavy atom. The van der Waals surface area contributed by atoms with Gasteiger partial charge in [0.25, 0.3) is 0 Å². The Labute approximate surface area is 159 Å². The highest BCUT2D eigenvalue weighted by molar-refractivity contribution is 7.89. The minimum Gasteiger partial charge on any atom is -0.486 e. The van der Waals surface area contributed by atoms with Crippen LogP contribution in [0.15, 0.2) is 35.2 Å². The fourth-order valence-corrected chi connectivity index (χ4v) is 4.80. The SMILES string of the molecule is O=S(=O)(NCCc1cc(Cl)c2c(c1)OCCO2)c1cccc2nsnc12. The van der Waals surface area contributed by atoms with E-state index in [2.05, 4.69) is 13.5 Å². The second-order valence-corrected chi connectivity index (χ2v) is 8.31. The molecule has 3 aromatic rings. The molecule has 0 radical (unpaired) electrons. The van der Waals surface area contributed by atoms with Crippen LogP contribution < -0.4 is 14.2 Å². The molecule has 1 N–H and O–H groups in total. The van der Waals surface area contributed by atoms with E-state index in [1.807, 2.05) is 6.07 Å². The normalized spacial score (nSPS) is 13.9. The Morgan fingerprint density at radius 3 is 2.92 bits per heavy atom. The van der Waals surface area contributed by atoms with Crippen LogP contribution in [0.2, 0.25) is 5.02 Å². The Bertz CT molecular complexity index is 1070. The lowest BCUT2D eigenvalue weighted by Crippen LogP contribution is -2.26. The minimum atomic E-state index is -3.69. The predicted molar refractivity (Wildman–Crippen MR) is 98.7 cm³/mol. The van der Waals surface area contributed by atoms with Crippen molar-refractivity contribution >= 4 is 44.4 Å². The highest BCUT2D eigenvalue weighted by atomic mass is 35.5. The monoisotopic (exact) mass is 411 g/mol. The number of aromatic nitrogens is 2. The average Bonchev–Trinajstić information content (AvgIpc) is 3.10. The van der Waals surface area contributed by atoms with Gasteiger partial charge in [0.2, 0.25) is 10.0 Å². The lowest BCUT2D eigenvalue weighted by molar-refractivity contribution is 0.171. The second kappa shape index (κ2) is 6.99. The number of nitrogens with zero attached hydrogens (tertiary/aromatic N) is 2. The Balaban J connectivity index is 1.49. The van der Waals surface area contributed by atoms with E-state index in [1.54, 1.807) is 18.2 Å². The molecule has 2 aromatic carbocycles. The zero-order chi connectivity index (χ0) is 18.1. The van der Waals surface area contributed by atoms with Crippen LogP contribution in [-0.4, -0.2) is 36.9 Å². The average molecular weight is 412 g/mol. The van der Waals surface area contributed by atoms with Crippen LogP contribution in [0.5, 0.6) is 11.5 Å². The summed E-state index contributed by atoms with van der Waals surface area (Å²) in [7, 11) is -3.69. The van der Waals surface area contributed by atoms with Crippen molar-refractivity contribution in [3.63, 3.8) is 0 Å². The van der Waals surface area contributed by atoms with Crippen LogP contribution in [0.25, 0.3) is 11.0 Å². The number of ether oxygens (including phenoxy) is 2. The molecule has 0 fully saturated rings. The molecule has 0 atom stereocenters. The number of hydrogen-bond acceptors (Lipinski definition) is 7. The largest absolute Gasteiger partial charge is 0.486 e. The maximum absolute atomic E-state index is 12.6. The van der Waals surface area contributed by atoms with Crippen molar-refractivity contribution in [1.29, 1.82) is 0 Å². The van der Waals surface area contributed by atoms with Gasteiger partial charge >= 0.3 is 0 Å². The van der Waals surface area contributed by atoms with E-state index in [0.29, 0.717) is 47.2 Å². The predicted octanol–water partition coefficient (Wildman–Crippen LogP) is 2.64. The number of benzene rings is 2. The fraction of sp³-hybridized carbons (Fsp3) is 0.250. The summed E-state index contributed by atoms with van der Waals surface area (Å²) in [6, 6.07) is 8.48. The molecular weight excluding hydrogens is 398 g/mol. The molecular formula is C16H14ClN3O4S2. The molecule has 2 heterocycles. The topological polar surface area (TPSA) is 90.4 Å². The molecule has 0 saturated carbocycles. The first-order valence-electron chi connectivity index (χ1n) is 7.83. The highest BCUT2D eigenvalue weighted by Crippen LogP contribution is 2.38. The molecule has 4 rings (SSSR count). The molecule has 1 aliphatic rings. The van der Waals surface area contributed by atoms with Crippen molar-refractivity contribution in [3.8, 4) is 11.5 Å². The highest BCUT2D eigenvalue weighted by Gasteiger charge is 2.20. The lowest BCUT2D eigenvalue weighted by atomic mass is 10.1. The summed E-state index contributed by atoms with van der Waals surface area (Å²) in [5, 5.41) is 0.457. The first-order valence-corrected chi connectivity index (χ1v) is 10.4. The zero-order valence-electron chi connectivity index (χ0n) is 13.4. The summed E-state index contributed by atoms with van der Waals surface area (Å²) in [5.41, 5.74) is 1.80. The maximum atomic E-state index is 12.6. The number of halogens is 1.